The van der Waals surface area contributed by atoms with Crippen LogP contribution in [0, 0.1) is 0 Å². The Balaban J connectivity index is 0.000000440. The molecule has 2 N–H and O–H groups in total. The fourth-order valence-corrected chi connectivity index (χ4v) is 8.87. The molecule has 4 rings (SSSR count). The van der Waals surface area contributed by atoms with Crippen molar-refractivity contribution in [2.24, 2.45) is 0 Å². The van der Waals surface area contributed by atoms with Crippen LogP contribution in [-0.4, -0.2) is 68.8 Å². The maximum atomic E-state index is 12.0. The van der Waals surface area contributed by atoms with Crippen molar-refractivity contribution < 1.29 is 45.6 Å². The van der Waals surface area contributed by atoms with E-state index in [1.807, 2.05) is 24.3 Å². The summed E-state index contributed by atoms with van der Waals surface area (Å²) in [6.45, 7) is 4.51. The topological polar surface area (TPSA) is 173 Å². The first-order valence-electron chi connectivity index (χ1n) is 23.9. The van der Waals surface area contributed by atoms with E-state index in [0.717, 1.165) is 37.3 Å². The SMILES string of the molecule is CCCCCCCCCCCCCCc1ccc(Oc2c(O)cccc2S(=O)(=O)O)cc1.CCCCCCCCCCCCCCc1ccc(Oc2c([O-])cccc2S(=O)(=O)[O-])cc1.[Ca+2]. The summed E-state index contributed by atoms with van der Waals surface area (Å²) in [5.41, 5.74) is 2.35. The predicted molar refractivity (Wildman–Crippen MR) is 260 cm³/mol. The quantitative estimate of drug-likeness (QED) is 0.0272. The Bertz CT molecular complexity index is 1940. The van der Waals surface area contributed by atoms with Crippen molar-refractivity contribution in [2.75, 3.05) is 0 Å². The summed E-state index contributed by atoms with van der Waals surface area (Å²) in [5, 5.41) is 21.9. The number of unbranched alkanes of at least 4 members (excludes halogenated alkanes) is 22. The normalized spacial score (nSPS) is 11.4. The Kier molecular flexibility index (Phi) is 30.1. The second-order valence-electron chi connectivity index (χ2n) is 16.9. The third-order valence-electron chi connectivity index (χ3n) is 11.4. The van der Waals surface area contributed by atoms with Crippen LogP contribution in [0.15, 0.2) is 94.7 Å². The van der Waals surface area contributed by atoms with Gasteiger partial charge in [0.1, 0.15) is 32.3 Å². The molecule has 0 saturated carbocycles. The van der Waals surface area contributed by atoms with Crippen molar-refractivity contribution in [2.45, 2.75) is 191 Å². The van der Waals surface area contributed by atoms with Crippen LogP contribution in [0.2, 0.25) is 0 Å². The standard InChI is InChI=1S/2C26H38O5S.Ca/c2*1-2-3-4-5-6-7-8-9-10-11-12-13-15-22-18-20-23(21-19-22)31-26-24(27)16-14-17-25(26)32(28,29)30;/h2*14,16-21,27H,2-13,15H2,1H3,(H,28,29,30);/q;;+2/p-2. The van der Waals surface area contributed by atoms with E-state index in [1.54, 1.807) is 24.3 Å². The third-order valence-corrected chi connectivity index (χ3v) is 13.1. The monoisotopic (exact) mass is 962 g/mol. The molecule has 4 aromatic rings. The van der Waals surface area contributed by atoms with Crippen LogP contribution in [0.5, 0.6) is 34.5 Å². The largest absolute Gasteiger partial charge is 2.00 e. The maximum Gasteiger partial charge on any atom is 2.00 e. The van der Waals surface area contributed by atoms with Gasteiger partial charge in [-0.15, -0.1) is 0 Å². The van der Waals surface area contributed by atoms with E-state index in [9.17, 15) is 36.2 Å². The van der Waals surface area contributed by atoms with Gasteiger partial charge in [0.25, 0.3) is 10.1 Å². The van der Waals surface area contributed by atoms with E-state index < -0.39 is 41.5 Å². The van der Waals surface area contributed by atoms with Crippen molar-refractivity contribution in [3.8, 4) is 34.5 Å². The third kappa shape index (κ3) is 24.7. The van der Waals surface area contributed by atoms with Gasteiger partial charge < -0.3 is 24.2 Å². The molecule has 65 heavy (non-hydrogen) atoms. The molecule has 356 valence electrons. The summed E-state index contributed by atoms with van der Waals surface area (Å²) in [7, 11) is -9.29. The molecule has 0 amide bonds. The van der Waals surface area contributed by atoms with Gasteiger partial charge in [-0.05, 0) is 79.3 Å². The van der Waals surface area contributed by atoms with Crippen molar-refractivity contribution in [3.05, 3.63) is 96.1 Å². The fourth-order valence-electron chi connectivity index (χ4n) is 7.63. The first-order chi connectivity index (χ1) is 30.8. The zero-order chi connectivity index (χ0) is 46.5. The Morgan fingerprint density at radius 3 is 1.17 bits per heavy atom. The van der Waals surface area contributed by atoms with E-state index in [2.05, 4.69) is 13.8 Å². The molecule has 0 saturated heterocycles. The molecule has 0 heterocycles. The van der Waals surface area contributed by atoms with Crippen molar-refractivity contribution in [3.63, 3.8) is 0 Å². The second kappa shape index (κ2) is 33.6. The molecule has 0 spiro atoms. The minimum absolute atomic E-state index is 0. The Hall–Kier alpha value is -2.84. The van der Waals surface area contributed by atoms with Crippen LogP contribution in [0.4, 0.5) is 0 Å². The van der Waals surface area contributed by atoms with E-state index in [-0.39, 0.29) is 49.2 Å². The molecular formula is C52H74CaO10S2. The molecule has 4 aromatic carbocycles. The first kappa shape index (κ1) is 58.3. The number of phenols is 1. The number of aromatic hydroxyl groups is 1. The van der Waals surface area contributed by atoms with Gasteiger partial charge in [-0.2, -0.15) is 8.42 Å². The number of aryl methyl sites for hydroxylation is 2. The van der Waals surface area contributed by atoms with Crippen molar-refractivity contribution in [1.82, 2.24) is 0 Å². The van der Waals surface area contributed by atoms with Crippen LogP contribution < -0.4 is 14.6 Å². The van der Waals surface area contributed by atoms with Crippen LogP contribution >= 0.6 is 0 Å². The van der Waals surface area contributed by atoms with E-state index in [1.165, 1.54) is 177 Å². The van der Waals surface area contributed by atoms with Crippen molar-refractivity contribution in [1.29, 1.82) is 0 Å². The first-order valence-corrected chi connectivity index (χ1v) is 26.8. The van der Waals surface area contributed by atoms with Crippen LogP contribution in [0.1, 0.15) is 179 Å². The zero-order valence-electron chi connectivity index (χ0n) is 39.2. The molecule has 13 heteroatoms. The number of phenolic OH excluding ortho intramolecular Hbond substituents is 1. The summed E-state index contributed by atoms with van der Waals surface area (Å²) in [6, 6.07) is 21.9. The number of benzene rings is 4. The molecule has 0 bridgehead atoms. The number of hydrogen-bond acceptors (Lipinski definition) is 9. The Morgan fingerprint density at radius 2 is 0.800 bits per heavy atom. The summed E-state index contributed by atoms with van der Waals surface area (Å²) < 4.78 is 77.5. The maximum absolute atomic E-state index is 12.0. The number of hydrogen-bond donors (Lipinski definition) is 2. The van der Waals surface area contributed by atoms with Gasteiger partial charge in [0, 0.05) is 0 Å². The van der Waals surface area contributed by atoms with Gasteiger partial charge in [-0.3, -0.25) is 4.55 Å². The molecule has 0 aliphatic rings. The van der Waals surface area contributed by atoms with Gasteiger partial charge in [-0.25, -0.2) is 8.42 Å². The molecule has 0 aliphatic carbocycles. The van der Waals surface area contributed by atoms with Gasteiger partial charge >= 0.3 is 37.7 Å². The van der Waals surface area contributed by atoms with Crippen molar-refractivity contribution >= 4 is 58.0 Å². The Labute approximate surface area is 421 Å². The number of rotatable bonds is 32. The molecule has 0 atom stereocenters. The molecular weight excluding hydrogens is 889 g/mol. The van der Waals surface area contributed by atoms with Gasteiger partial charge in [-0.1, -0.05) is 203 Å². The van der Waals surface area contributed by atoms with E-state index in [4.69, 9.17) is 9.47 Å². The molecule has 0 aliphatic heterocycles. The molecule has 0 aromatic heterocycles. The minimum Gasteiger partial charge on any atom is -0.870 e. The van der Waals surface area contributed by atoms with Gasteiger partial charge in [0.15, 0.2) is 11.5 Å². The molecule has 0 fully saturated rings. The average molecular weight is 963 g/mol. The van der Waals surface area contributed by atoms with E-state index >= 15 is 0 Å². The number of ether oxygens (including phenoxy) is 2. The average Bonchev–Trinajstić information content (AvgIpc) is 3.26. The molecule has 0 unspecified atom stereocenters. The number of para-hydroxylation sites is 2. The summed E-state index contributed by atoms with van der Waals surface area (Å²) in [5.74, 6) is -0.977. The van der Waals surface area contributed by atoms with E-state index in [0.29, 0.717) is 11.5 Å². The minimum atomic E-state index is -4.79. The fraction of sp³-hybridized carbons (Fsp3) is 0.538. The molecule has 10 nitrogen and oxygen atoms in total. The predicted octanol–water partition coefficient (Wildman–Crippen LogP) is 14.0. The Morgan fingerprint density at radius 1 is 0.462 bits per heavy atom. The zero-order valence-corrected chi connectivity index (χ0v) is 43.0. The molecule has 0 radical (unpaired) electrons. The summed E-state index contributed by atoms with van der Waals surface area (Å²) in [6.07, 6.45) is 33.7. The smallest absolute Gasteiger partial charge is 0.870 e. The van der Waals surface area contributed by atoms with Crippen LogP contribution in [0.25, 0.3) is 0 Å². The van der Waals surface area contributed by atoms with Crippen LogP contribution in [0.3, 0.4) is 0 Å². The van der Waals surface area contributed by atoms with Gasteiger partial charge in [0.2, 0.25) is 0 Å². The summed E-state index contributed by atoms with van der Waals surface area (Å²) >= 11 is 0. The second-order valence-corrected chi connectivity index (χ2v) is 19.6. The summed E-state index contributed by atoms with van der Waals surface area (Å²) in [4.78, 5) is -1.09. The van der Waals surface area contributed by atoms with Crippen LogP contribution in [-0.2, 0) is 33.1 Å². The van der Waals surface area contributed by atoms with Gasteiger partial charge in [0.05, 0.1) is 4.90 Å².